The van der Waals surface area contributed by atoms with Crippen molar-refractivity contribution in [3.63, 3.8) is 0 Å². The first kappa shape index (κ1) is 20.0. The summed E-state index contributed by atoms with van der Waals surface area (Å²) in [5.41, 5.74) is 0.175. The van der Waals surface area contributed by atoms with Gasteiger partial charge in [-0.05, 0) is 46.2 Å². The molecule has 1 unspecified atom stereocenters. The van der Waals surface area contributed by atoms with E-state index >= 15 is 0 Å². The van der Waals surface area contributed by atoms with Gasteiger partial charge in [-0.1, -0.05) is 6.42 Å². The Balaban J connectivity index is 0.00000242. The normalized spacial score (nSPS) is 24.0. The number of nitrogens with zero attached hydrogens (tertiary/aromatic N) is 2. The van der Waals surface area contributed by atoms with Crippen LogP contribution in [-0.2, 0) is 4.74 Å². The fourth-order valence-corrected chi connectivity index (χ4v) is 3.12. The molecule has 0 aromatic carbocycles. The van der Waals surface area contributed by atoms with Crippen molar-refractivity contribution in [3.05, 3.63) is 0 Å². The van der Waals surface area contributed by atoms with Crippen molar-refractivity contribution in [1.82, 2.24) is 15.5 Å². The predicted molar refractivity (Wildman–Crippen MR) is 103 cm³/mol. The summed E-state index contributed by atoms with van der Waals surface area (Å²) in [5.74, 6) is 1.53. The Kier molecular flexibility index (Phi) is 9.01. The van der Waals surface area contributed by atoms with Crippen LogP contribution in [0.3, 0.4) is 0 Å². The van der Waals surface area contributed by atoms with E-state index in [9.17, 15) is 0 Å². The highest BCUT2D eigenvalue weighted by atomic mass is 127. The Labute approximate surface area is 152 Å². The van der Waals surface area contributed by atoms with Crippen LogP contribution in [0.1, 0.15) is 39.5 Å². The number of aliphatic imine (C=N–C) groups is 1. The maximum absolute atomic E-state index is 5.41. The van der Waals surface area contributed by atoms with Crippen LogP contribution >= 0.6 is 24.0 Å². The summed E-state index contributed by atoms with van der Waals surface area (Å²) in [5, 5.41) is 6.91. The Morgan fingerprint density at radius 2 is 1.95 bits per heavy atom. The molecule has 6 heteroatoms. The molecule has 2 saturated heterocycles. The molecular formula is C16H33IN4O. The van der Waals surface area contributed by atoms with Crippen LogP contribution in [0.2, 0.25) is 0 Å². The Morgan fingerprint density at radius 1 is 1.23 bits per heavy atom. The lowest BCUT2D eigenvalue weighted by molar-refractivity contribution is 0.0982. The van der Waals surface area contributed by atoms with E-state index in [4.69, 9.17) is 4.74 Å². The summed E-state index contributed by atoms with van der Waals surface area (Å²) < 4.78 is 5.41. The van der Waals surface area contributed by atoms with Crippen LogP contribution < -0.4 is 10.6 Å². The van der Waals surface area contributed by atoms with Gasteiger partial charge in [-0.25, -0.2) is 0 Å². The highest BCUT2D eigenvalue weighted by molar-refractivity contribution is 14.0. The zero-order chi connectivity index (χ0) is 15.1. The summed E-state index contributed by atoms with van der Waals surface area (Å²) in [6, 6.07) is 0. The number of likely N-dealkylation sites (tertiary alicyclic amines) is 1. The standard InChI is InChI=1S/C16H32N4O.HI/c1-16(2,20-8-5-4-6-9-20)13-19-15(17-3)18-11-14-7-10-21-12-14;/h14H,4-13H2,1-3H3,(H2,17,18,19);1H. The maximum atomic E-state index is 5.41. The highest BCUT2D eigenvalue weighted by Crippen LogP contribution is 2.19. The van der Waals surface area contributed by atoms with Gasteiger partial charge in [0.15, 0.2) is 5.96 Å². The van der Waals surface area contributed by atoms with Crippen molar-refractivity contribution in [2.75, 3.05) is 46.4 Å². The Hall–Kier alpha value is -0.0800. The van der Waals surface area contributed by atoms with E-state index in [2.05, 4.69) is 34.4 Å². The van der Waals surface area contributed by atoms with Crippen LogP contribution in [0.25, 0.3) is 0 Å². The monoisotopic (exact) mass is 424 g/mol. The number of nitrogens with one attached hydrogen (secondary N) is 2. The summed E-state index contributed by atoms with van der Waals surface area (Å²) >= 11 is 0. The predicted octanol–water partition coefficient (Wildman–Crippen LogP) is 2.07. The van der Waals surface area contributed by atoms with Crippen molar-refractivity contribution in [2.24, 2.45) is 10.9 Å². The van der Waals surface area contributed by atoms with Crippen LogP contribution in [0.15, 0.2) is 4.99 Å². The van der Waals surface area contributed by atoms with Gasteiger partial charge in [-0.2, -0.15) is 0 Å². The first-order valence-corrected chi connectivity index (χ1v) is 8.39. The molecule has 0 spiro atoms. The molecule has 1 atom stereocenters. The van der Waals surface area contributed by atoms with Gasteiger partial charge >= 0.3 is 0 Å². The van der Waals surface area contributed by atoms with E-state index in [0.717, 1.165) is 38.7 Å². The molecule has 2 N–H and O–H groups in total. The van der Waals surface area contributed by atoms with Crippen molar-refractivity contribution in [2.45, 2.75) is 45.1 Å². The van der Waals surface area contributed by atoms with Gasteiger partial charge in [0.2, 0.25) is 0 Å². The topological polar surface area (TPSA) is 48.9 Å². The summed E-state index contributed by atoms with van der Waals surface area (Å²) in [4.78, 5) is 6.93. The van der Waals surface area contributed by atoms with E-state index in [-0.39, 0.29) is 29.5 Å². The Bertz CT molecular complexity index is 337. The van der Waals surface area contributed by atoms with Crippen LogP contribution in [0.5, 0.6) is 0 Å². The molecular weight excluding hydrogens is 391 g/mol. The average molecular weight is 424 g/mol. The van der Waals surface area contributed by atoms with Crippen LogP contribution in [0.4, 0.5) is 0 Å². The largest absolute Gasteiger partial charge is 0.381 e. The molecule has 2 fully saturated rings. The second-order valence-electron chi connectivity index (χ2n) is 6.90. The highest BCUT2D eigenvalue weighted by Gasteiger charge is 2.28. The molecule has 0 amide bonds. The zero-order valence-corrected chi connectivity index (χ0v) is 16.7. The van der Waals surface area contributed by atoms with Crippen LogP contribution in [-0.4, -0.2) is 62.8 Å². The van der Waals surface area contributed by atoms with Gasteiger partial charge < -0.3 is 15.4 Å². The smallest absolute Gasteiger partial charge is 0.191 e. The molecule has 0 saturated carbocycles. The molecule has 0 bridgehead atoms. The van der Waals surface area contributed by atoms with Gasteiger partial charge in [-0.3, -0.25) is 9.89 Å². The third-order valence-electron chi connectivity index (χ3n) is 4.71. The number of rotatable bonds is 5. The molecule has 0 aromatic heterocycles. The van der Waals surface area contributed by atoms with E-state index in [1.165, 1.54) is 32.4 Å². The molecule has 2 heterocycles. The molecule has 0 aliphatic carbocycles. The summed E-state index contributed by atoms with van der Waals surface area (Å²) in [6.07, 6.45) is 5.20. The number of hydrogen-bond donors (Lipinski definition) is 2. The minimum absolute atomic E-state index is 0. The lowest BCUT2D eigenvalue weighted by Gasteiger charge is -2.41. The molecule has 5 nitrogen and oxygen atoms in total. The van der Waals surface area contributed by atoms with E-state index in [1.54, 1.807) is 0 Å². The number of halogens is 1. The van der Waals surface area contributed by atoms with E-state index in [1.807, 2.05) is 7.05 Å². The first-order chi connectivity index (χ1) is 10.1. The molecule has 2 aliphatic rings. The molecule has 0 radical (unpaired) electrons. The van der Waals surface area contributed by atoms with Crippen molar-refractivity contribution in [1.29, 1.82) is 0 Å². The Morgan fingerprint density at radius 3 is 2.55 bits per heavy atom. The second-order valence-corrected chi connectivity index (χ2v) is 6.90. The number of ether oxygens (including phenoxy) is 1. The number of hydrogen-bond acceptors (Lipinski definition) is 3. The van der Waals surface area contributed by atoms with Gasteiger partial charge in [0.1, 0.15) is 0 Å². The average Bonchev–Trinajstić information content (AvgIpc) is 3.02. The minimum Gasteiger partial charge on any atom is -0.381 e. The van der Waals surface area contributed by atoms with Crippen molar-refractivity contribution in [3.8, 4) is 0 Å². The lowest BCUT2D eigenvalue weighted by atomic mass is 9.98. The fourth-order valence-electron chi connectivity index (χ4n) is 3.12. The second kappa shape index (κ2) is 9.93. The SMILES string of the molecule is CN=C(NCC1CCOC1)NCC(C)(C)N1CCCCC1.I. The van der Waals surface area contributed by atoms with Gasteiger partial charge in [0.25, 0.3) is 0 Å². The zero-order valence-electron chi connectivity index (χ0n) is 14.4. The van der Waals surface area contributed by atoms with E-state index in [0.29, 0.717) is 5.92 Å². The third kappa shape index (κ3) is 6.20. The molecule has 22 heavy (non-hydrogen) atoms. The molecule has 130 valence electrons. The van der Waals surface area contributed by atoms with Gasteiger partial charge in [0.05, 0.1) is 6.61 Å². The van der Waals surface area contributed by atoms with Crippen molar-refractivity contribution >= 4 is 29.9 Å². The fraction of sp³-hybridized carbons (Fsp3) is 0.938. The number of guanidine groups is 1. The molecule has 0 aromatic rings. The quantitative estimate of drug-likeness (QED) is 0.403. The van der Waals surface area contributed by atoms with Crippen molar-refractivity contribution < 1.29 is 4.74 Å². The summed E-state index contributed by atoms with van der Waals surface area (Å²) in [6.45, 7) is 10.7. The van der Waals surface area contributed by atoms with Crippen LogP contribution in [0, 0.1) is 5.92 Å². The first-order valence-electron chi connectivity index (χ1n) is 8.39. The molecule has 2 rings (SSSR count). The summed E-state index contributed by atoms with van der Waals surface area (Å²) in [7, 11) is 1.84. The lowest BCUT2D eigenvalue weighted by Crippen LogP contribution is -2.55. The molecule has 2 aliphatic heterocycles. The van der Waals surface area contributed by atoms with Gasteiger partial charge in [0, 0.05) is 38.2 Å². The number of piperidine rings is 1. The van der Waals surface area contributed by atoms with Gasteiger partial charge in [-0.15, -0.1) is 24.0 Å². The maximum Gasteiger partial charge on any atom is 0.191 e. The third-order valence-corrected chi connectivity index (χ3v) is 4.71. The van der Waals surface area contributed by atoms with E-state index < -0.39 is 0 Å². The minimum atomic E-state index is 0.